The monoisotopic (exact) mass is 240 g/mol. The molecule has 3 rings (SSSR count). The Morgan fingerprint density at radius 3 is 3.00 bits per heavy atom. The number of methoxy groups -OCH3 is 1. The maximum absolute atomic E-state index is 5.24. The van der Waals surface area contributed by atoms with Crippen LogP contribution in [0.1, 0.15) is 0 Å². The number of rotatable bonds is 3. The molecule has 2 N–H and O–H groups in total. The summed E-state index contributed by atoms with van der Waals surface area (Å²) in [5, 5.41) is 11.5. The quantitative estimate of drug-likeness (QED) is 0.738. The van der Waals surface area contributed by atoms with Gasteiger partial charge in [0.1, 0.15) is 0 Å². The molecule has 0 aliphatic heterocycles. The predicted octanol–water partition coefficient (Wildman–Crippen LogP) is 2.71. The number of anilines is 2. The van der Waals surface area contributed by atoms with Gasteiger partial charge in [-0.15, -0.1) is 0 Å². The van der Waals surface area contributed by atoms with Gasteiger partial charge in [-0.2, -0.15) is 5.10 Å². The van der Waals surface area contributed by atoms with E-state index < -0.39 is 0 Å². The molecule has 0 aliphatic rings. The van der Waals surface area contributed by atoms with E-state index in [9.17, 15) is 0 Å². The number of pyridine rings is 1. The first kappa shape index (κ1) is 10.6. The Hall–Kier alpha value is -2.56. The Morgan fingerprint density at radius 1 is 1.22 bits per heavy atom. The minimum atomic E-state index is 0.685. The molecule has 2 heterocycles. The summed E-state index contributed by atoms with van der Waals surface area (Å²) >= 11 is 0. The summed E-state index contributed by atoms with van der Waals surface area (Å²) in [4.78, 5) is 4.01. The SMILES string of the molecule is COc1cnccc1Nc1n[nH]c2ccccc12. The normalized spacial score (nSPS) is 10.5. The Balaban J connectivity index is 2.01. The first-order valence-corrected chi connectivity index (χ1v) is 5.56. The highest BCUT2D eigenvalue weighted by atomic mass is 16.5. The van der Waals surface area contributed by atoms with Gasteiger partial charge in [0.15, 0.2) is 11.6 Å². The first-order valence-electron chi connectivity index (χ1n) is 5.56. The van der Waals surface area contributed by atoms with E-state index in [4.69, 9.17) is 4.74 Å². The summed E-state index contributed by atoms with van der Waals surface area (Å²) in [7, 11) is 1.62. The van der Waals surface area contributed by atoms with Crippen molar-refractivity contribution in [3.8, 4) is 5.75 Å². The van der Waals surface area contributed by atoms with Gasteiger partial charge >= 0.3 is 0 Å². The molecule has 0 aliphatic carbocycles. The fourth-order valence-corrected chi connectivity index (χ4v) is 1.83. The minimum Gasteiger partial charge on any atom is -0.493 e. The number of hydrogen-bond acceptors (Lipinski definition) is 4. The van der Waals surface area contributed by atoms with Gasteiger partial charge in [-0.05, 0) is 18.2 Å². The van der Waals surface area contributed by atoms with E-state index in [1.165, 1.54) is 0 Å². The van der Waals surface area contributed by atoms with Crippen LogP contribution in [-0.2, 0) is 0 Å². The fourth-order valence-electron chi connectivity index (χ4n) is 1.83. The highest BCUT2D eigenvalue weighted by molar-refractivity contribution is 5.91. The summed E-state index contributed by atoms with van der Waals surface area (Å²) in [6, 6.07) is 9.79. The number of nitrogens with zero attached hydrogens (tertiary/aromatic N) is 2. The van der Waals surface area contributed by atoms with Crippen molar-refractivity contribution in [1.82, 2.24) is 15.2 Å². The van der Waals surface area contributed by atoms with E-state index in [0.29, 0.717) is 5.75 Å². The maximum atomic E-state index is 5.24. The van der Waals surface area contributed by atoms with Crippen molar-refractivity contribution in [3.63, 3.8) is 0 Å². The van der Waals surface area contributed by atoms with Crippen molar-refractivity contribution in [3.05, 3.63) is 42.7 Å². The second-order valence-corrected chi connectivity index (χ2v) is 3.82. The molecule has 5 heteroatoms. The van der Waals surface area contributed by atoms with Crippen molar-refractivity contribution in [1.29, 1.82) is 0 Å². The molecule has 2 aromatic heterocycles. The van der Waals surface area contributed by atoms with E-state index in [0.717, 1.165) is 22.4 Å². The fraction of sp³-hybridized carbons (Fsp3) is 0.0769. The zero-order valence-corrected chi connectivity index (χ0v) is 9.84. The largest absolute Gasteiger partial charge is 0.493 e. The standard InChI is InChI=1S/C13H12N4O/c1-18-12-8-14-7-6-11(12)15-13-9-4-2-3-5-10(9)16-17-13/h2-8H,1H3,(H2,14,15,16,17). The molecule has 90 valence electrons. The Labute approximate surface area is 104 Å². The molecule has 0 amide bonds. The maximum Gasteiger partial charge on any atom is 0.160 e. The Morgan fingerprint density at radius 2 is 2.11 bits per heavy atom. The molecule has 3 aromatic rings. The third-order valence-corrected chi connectivity index (χ3v) is 2.73. The van der Waals surface area contributed by atoms with Crippen LogP contribution in [0.25, 0.3) is 10.9 Å². The number of ether oxygens (including phenoxy) is 1. The number of fused-ring (bicyclic) bond motifs is 1. The van der Waals surface area contributed by atoms with Crippen LogP contribution in [0.15, 0.2) is 42.7 Å². The van der Waals surface area contributed by atoms with Crippen LogP contribution in [0.4, 0.5) is 11.5 Å². The van der Waals surface area contributed by atoms with E-state index in [1.54, 1.807) is 19.5 Å². The van der Waals surface area contributed by atoms with Gasteiger partial charge in [-0.3, -0.25) is 10.1 Å². The van der Waals surface area contributed by atoms with Crippen molar-refractivity contribution >= 4 is 22.4 Å². The van der Waals surface area contributed by atoms with Crippen LogP contribution in [0.3, 0.4) is 0 Å². The van der Waals surface area contributed by atoms with E-state index in [-0.39, 0.29) is 0 Å². The molecule has 1 aromatic carbocycles. The molecular weight excluding hydrogens is 228 g/mol. The van der Waals surface area contributed by atoms with Gasteiger partial charge in [0.2, 0.25) is 0 Å². The van der Waals surface area contributed by atoms with Crippen molar-refractivity contribution in [2.75, 3.05) is 12.4 Å². The van der Waals surface area contributed by atoms with Crippen LogP contribution < -0.4 is 10.1 Å². The molecule has 0 unspecified atom stereocenters. The summed E-state index contributed by atoms with van der Waals surface area (Å²) in [6.45, 7) is 0. The smallest absolute Gasteiger partial charge is 0.160 e. The van der Waals surface area contributed by atoms with E-state index in [2.05, 4.69) is 20.5 Å². The average Bonchev–Trinajstić information content (AvgIpc) is 2.83. The topological polar surface area (TPSA) is 62.8 Å². The lowest BCUT2D eigenvalue weighted by atomic mass is 10.2. The minimum absolute atomic E-state index is 0.685. The molecule has 0 saturated heterocycles. The Kier molecular flexibility index (Phi) is 2.57. The number of nitrogens with one attached hydrogen (secondary N) is 2. The zero-order valence-electron chi connectivity index (χ0n) is 9.84. The number of benzene rings is 1. The predicted molar refractivity (Wildman–Crippen MR) is 70.2 cm³/mol. The van der Waals surface area contributed by atoms with Crippen LogP contribution in [0, 0.1) is 0 Å². The highest BCUT2D eigenvalue weighted by Crippen LogP contribution is 2.28. The van der Waals surface area contributed by atoms with Crippen molar-refractivity contribution < 1.29 is 4.74 Å². The third kappa shape index (κ3) is 1.75. The summed E-state index contributed by atoms with van der Waals surface area (Å²) in [6.07, 6.45) is 3.37. The average molecular weight is 240 g/mol. The molecule has 0 bridgehead atoms. The number of hydrogen-bond donors (Lipinski definition) is 2. The number of aromatic amines is 1. The number of para-hydroxylation sites is 1. The summed E-state index contributed by atoms with van der Waals surface area (Å²) < 4.78 is 5.24. The molecule has 18 heavy (non-hydrogen) atoms. The Bertz CT molecular complexity index is 677. The summed E-state index contributed by atoms with van der Waals surface area (Å²) in [5.74, 6) is 1.46. The molecule has 0 radical (unpaired) electrons. The second kappa shape index (κ2) is 4.37. The lowest BCUT2D eigenvalue weighted by molar-refractivity contribution is 0.415. The van der Waals surface area contributed by atoms with Crippen LogP contribution in [0.2, 0.25) is 0 Å². The van der Waals surface area contributed by atoms with Crippen molar-refractivity contribution in [2.45, 2.75) is 0 Å². The van der Waals surface area contributed by atoms with Gasteiger partial charge < -0.3 is 10.1 Å². The molecule has 0 spiro atoms. The highest BCUT2D eigenvalue weighted by Gasteiger charge is 2.07. The molecular formula is C13H12N4O. The second-order valence-electron chi connectivity index (χ2n) is 3.82. The molecule has 5 nitrogen and oxygen atoms in total. The van der Waals surface area contributed by atoms with Gasteiger partial charge in [-0.25, -0.2) is 0 Å². The lowest BCUT2D eigenvalue weighted by Crippen LogP contribution is -1.95. The van der Waals surface area contributed by atoms with Gasteiger partial charge in [0.05, 0.1) is 24.5 Å². The third-order valence-electron chi connectivity index (χ3n) is 2.73. The molecule has 0 saturated carbocycles. The summed E-state index contributed by atoms with van der Waals surface area (Å²) in [5.41, 5.74) is 1.83. The van der Waals surface area contributed by atoms with Gasteiger partial charge in [0.25, 0.3) is 0 Å². The first-order chi connectivity index (χ1) is 8.88. The van der Waals surface area contributed by atoms with Gasteiger partial charge in [0, 0.05) is 11.6 Å². The van der Waals surface area contributed by atoms with Crippen LogP contribution >= 0.6 is 0 Å². The molecule has 0 atom stereocenters. The molecule has 0 fully saturated rings. The van der Waals surface area contributed by atoms with Crippen LogP contribution in [0.5, 0.6) is 5.75 Å². The van der Waals surface area contributed by atoms with Crippen molar-refractivity contribution in [2.24, 2.45) is 0 Å². The van der Waals surface area contributed by atoms with Crippen LogP contribution in [-0.4, -0.2) is 22.3 Å². The van der Waals surface area contributed by atoms with E-state index >= 15 is 0 Å². The number of H-pyrrole nitrogens is 1. The van der Waals surface area contributed by atoms with E-state index in [1.807, 2.05) is 30.3 Å². The number of aromatic nitrogens is 3. The van der Waals surface area contributed by atoms with Gasteiger partial charge in [-0.1, -0.05) is 12.1 Å². The lowest BCUT2D eigenvalue weighted by Gasteiger charge is -2.08. The zero-order chi connectivity index (χ0) is 12.4.